The van der Waals surface area contributed by atoms with Crippen molar-refractivity contribution in [3.05, 3.63) is 53.3 Å². The van der Waals surface area contributed by atoms with E-state index in [1.54, 1.807) is 11.8 Å². The first-order chi connectivity index (χ1) is 11.2. The molecule has 1 aliphatic rings. The Kier molecular flexibility index (Phi) is 5.06. The van der Waals surface area contributed by atoms with Gasteiger partial charge in [0, 0.05) is 24.1 Å². The lowest BCUT2D eigenvalue weighted by atomic mass is 10.1. The third-order valence-electron chi connectivity index (χ3n) is 4.28. The van der Waals surface area contributed by atoms with Gasteiger partial charge < -0.3 is 4.90 Å². The zero-order valence-corrected chi connectivity index (χ0v) is 14.6. The average Bonchev–Trinajstić information content (AvgIpc) is 3.17. The van der Waals surface area contributed by atoms with Crippen LogP contribution in [0.5, 0.6) is 0 Å². The van der Waals surface area contributed by atoms with Crippen LogP contribution in [-0.2, 0) is 12.3 Å². The van der Waals surface area contributed by atoms with Gasteiger partial charge in [-0.25, -0.2) is 0 Å². The van der Waals surface area contributed by atoms with E-state index in [4.69, 9.17) is 0 Å². The molecule has 3 rings (SSSR count). The summed E-state index contributed by atoms with van der Waals surface area (Å²) >= 11 is 1.78. The number of likely N-dealkylation sites (tertiary alicyclic amines) is 1. The first-order valence-corrected chi connectivity index (χ1v) is 9.44. The Bertz CT molecular complexity index is 682. The van der Waals surface area contributed by atoms with E-state index in [-0.39, 0.29) is 11.9 Å². The molecule has 0 unspecified atom stereocenters. The second kappa shape index (κ2) is 7.21. The fourth-order valence-electron chi connectivity index (χ4n) is 3.20. The molecule has 0 bridgehead atoms. The van der Waals surface area contributed by atoms with Gasteiger partial charge in [0.05, 0.1) is 18.8 Å². The van der Waals surface area contributed by atoms with Crippen molar-refractivity contribution in [3.8, 4) is 0 Å². The van der Waals surface area contributed by atoms with Crippen LogP contribution in [0.15, 0.2) is 36.7 Å². The van der Waals surface area contributed by atoms with E-state index >= 15 is 0 Å². The van der Waals surface area contributed by atoms with Gasteiger partial charge in [-0.2, -0.15) is 16.9 Å². The first kappa shape index (κ1) is 16.1. The maximum Gasteiger partial charge on any atom is 0.254 e. The van der Waals surface area contributed by atoms with Gasteiger partial charge in [-0.1, -0.05) is 12.1 Å². The van der Waals surface area contributed by atoms with Crippen LogP contribution in [-0.4, -0.2) is 39.4 Å². The Hall–Kier alpha value is -1.75. The van der Waals surface area contributed by atoms with Gasteiger partial charge in [0.25, 0.3) is 5.91 Å². The number of benzene rings is 1. The Morgan fingerprint density at radius 3 is 3.04 bits per heavy atom. The number of hydrogen-bond acceptors (Lipinski definition) is 3. The molecule has 1 saturated heterocycles. The van der Waals surface area contributed by atoms with Crippen LogP contribution in [0.1, 0.15) is 34.3 Å². The van der Waals surface area contributed by atoms with Crippen LogP contribution >= 0.6 is 11.8 Å². The van der Waals surface area contributed by atoms with E-state index < -0.39 is 0 Å². The second-order valence-electron chi connectivity index (χ2n) is 6.17. The normalized spacial score (nSPS) is 17.7. The Balaban J connectivity index is 1.73. The molecule has 1 amide bonds. The molecule has 4 nitrogen and oxygen atoms in total. The highest BCUT2D eigenvalue weighted by Gasteiger charge is 2.29. The molecule has 0 N–H and O–H groups in total. The van der Waals surface area contributed by atoms with Gasteiger partial charge in [-0.3, -0.25) is 9.48 Å². The summed E-state index contributed by atoms with van der Waals surface area (Å²) in [6.45, 7) is 3.67. The standard InChI is InChI=1S/C18H23N3OS/c1-14-10-19-20(11-14)12-17-7-4-8-21(17)18(22)16-6-3-5-15(9-16)13-23-2/h3,5-6,9-11,17H,4,7-8,12-13H2,1-2H3/t17-/m1/s1. The maximum absolute atomic E-state index is 12.9. The molecule has 0 spiro atoms. The molecule has 0 aliphatic carbocycles. The lowest BCUT2D eigenvalue weighted by Crippen LogP contribution is -2.38. The number of hydrogen-bond donors (Lipinski definition) is 0. The van der Waals surface area contributed by atoms with E-state index in [0.717, 1.165) is 42.8 Å². The molecular formula is C18H23N3OS. The largest absolute Gasteiger partial charge is 0.334 e. The number of aromatic nitrogens is 2. The number of carbonyl (C=O) groups excluding carboxylic acids is 1. The van der Waals surface area contributed by atoms with Gasteiger partial charge in [0.15, 0.2) is 0 Å². The summed E-state index contributed by atoms with van der Waals surface area (Å²) in [5.41, 5.74) is 3.17. The Labute approximate surface area is 141 Å². The van der Waals surface area contributed by atoms with Crippen LogP contribution in [0.25, 0.3) is 0 Å². The van der Waals surface area contributed by atoms with Crippen molar-refractivity contribution in [2.24, 2.45) is 0 Å². The quantitative estimate of drug-likeness (QED) is 0.844. The molecule has 122 valence electrons. The van der Waals surface area contributed by atoms with Gasteiger partial charge in [0.2, 0.25) is 0 Å². The topological polar surface area (TPSA) is 38.1 Å². The molecule has 1 aromatic heterocycles. The molecule has 1 fully saturated rings. The van der Waals surface area contributed by atoms with Crippen molar-refractivity contribution in [3.63, 3.8) is 0 Å². The number of rotatable bonds is 5. The monoisotopic (exact) mass is 329 g/mol. The van der Waals surface area contributed by atoms with Gasteiger partial charge in [0.1, 0.15) is 0 Å². The van der Waals surface area contributed by atoms with E-state index in [9.17, 15) is 4.79 Å². The SMILES string of the molecule is CSCc1cccc(C(=O)N2CCC[C@@H]2Cn2cc(C)cn2)c1. The van der Waals surface area contributed by atoms with E-state index in [2.05, 4.69) is 17.4 Å². The molecule has 1 atom stereocenters. The van der Waals surface area contributed by atoms with E-state index in [1.807, 2.05) is 47.1 Å². The zero-order valence-electron chi connectivity index (χ0n) is 13.7. The maximum atomic E-state index is 12.9. The lowest BCUT2D eigenvalue weighted by Gasteiger charge is -2.25. The molecular weight excluding hydrogens is 306 g/mol. The molecule has 5 heteroatoms. The zero-order chi connectivity index (χ0) is 16.2. The summed E-state index contributed by atoms with van der Waals surface area (Å²) < 4.78 is 1.95. The lowest BCUT2D eigenvalue weighted by molar-refractivity contribution is 0.0721. The van der Waals surface area contributed by atoms with Crippen molar-refractivity contribution >= 4 is 17.7 Å². The Morgan fingerprint density at radius 2 is 2.30 bits per heavy atom. The van der Waals surface area contributed by atoms with Gasteiger partial charge >= 0.3 is 0 Å². The molecule has 1 aromatic carbocycles. The summed E-state index contributed by atoms with van der Waals surface area (Å²) in [5, 5.41) is 4.36. The molecule has 1 aliphatic heterocycles. The van der Waals surface area contributed by atoms with Crippen molar-refractivity contribution in [1.29, 1.82) is 0 Å². The average molecular weight is 329 g/mol. The number of carbonyl (C=O) groups is 1. The third kappa shape index (κ3) is 3.78. The van der Waals surface area contributed by atoms with Crippen molar-refractivity contribution in [1.82, 2.24) is 14.7 Å². The van der Waals surface area contributed by atoms with Crippen LogP contribution in [0, 0.1) is 6.92 Å². The number of amides is 1. The molecule has 23 heavy (non-hydrogen) atoms. The highest BCUT2D eigenvalue weighted by atomic mass is 32.2. The van der Waals surface area contributed by atoms with E-state index in [0.29, 0.717) is 0 Å². The second-order valence-corrected chi connectivity index (χ2v) is 7.03. The Morgan fingerprint density at radius 1 is 1.43 bits per heavy atom. The van der Waals surface area contributed by atoms with Crippen molar-refractivity contribution in [2.75, 3.05) is 12.8 Å². The minimum atomic E-state index is 0.152. The predicted molar refractivity (Wildman–Crippen MR) is 94.7 cm³/mol. The molecule has 0 radical (unpaired) electrons. The molecule has 2 aromatic rings. The summed E-state index contributed by atoms with van der Waals surface area (Å²) in [5.74, 6) is 1.09. The fraction of sp³-hybridized carbons (Fsp3) is 0.444. The number of thioether (sulfide) groups is 1. The highest BCUT2D eigenvalue weighted by molar-refractivity contribution is 7.97. The number of aryl methyl sites for hydroxylation is 1. The highest BCUT2D eigenvalue weighted by Crippen LogP contribution is 2.22. The minimum Gasteiger partial charge on any atom is -0.334 e. The summed E-state index contributed by atoms with van der Waals surface area (Å²) in [4.78, 5) is 14.9. The van der Waals surface area contributed by atoms with Crippen molar-refractivity contribution < 1.29 is 4.79 Å². The van der Waals surface area contributed by atoms with Crippen LogP contribution < -0.4 is 0 Å². The van der Waals surface area contributed by atoms with Crippen LogP contribution in [0.2, 0.25) is 0 Å². The predicted octanol–water partition coefficient (Wildman–Crippen LogP) is 3.36. The molecule has 0 saturated carbocycles. The van der Waals surface area contributed by atoms with Crippen LogP contribution in [0.3, 0.4) is 0 Å². The summed E-state index contributed by atoms with van der Waals surface area (Å²) in [6.07, 6.45) is 8.11. The number of nitrogens with zero attached hydrogens (tertiary/aromatic N) is 3. The first-order valence-electron chi connectivity index (χ1n) is 8.05. The van der Waals surface area contributed by atoms with Crippen molar-refractivity contribution in [2.45, 2.75) is 38.1 Å². The van der Waals surface area contributed by atoms with Gasteiger partial charge in [-0.15, -0.1) is 0 Å². The fourth-order valence-corrected chi connectivity index (χ4v) is 3.72. The summed E-state index contributed by atoms with van der Waals surface area (Å²) in [7, 11) is 0. The summed E-state index contributed by atoms with van der Waals surface area (Å²) in [6, 6.07) is 8.28. The van der Waals surface area contributed by atoms with Gasteiger partial charge in [-0.05, 0) is 49.3 Å². The van der Waals surface area contributed by atoms with E-state index in [1.165, 1.54) is 5.56 Å². The smallest absolute Gasteiger partial charge is 0.254 e. The third-order valence-corrected chi connectivity index (χ3v) is 4.91. The van der Waals surface area contributed by atoms with Crippen LogP contribution in [0.4, 0.5) is 0 Å². The minimum absolute atomic E-state index is 0.152. The molecule has 2 heterocycles.